The van der Waals surface area contributed by atoms with Crippen LogP contribution in [0.3, 0.4) is 0 Å². The van der Waals surface area contributed by atoms with Gasteiger partial charge in [-0.1, -0.05) is 0 Å². The fourth-order valence-electron chi connectivity index (χ4n) is 1.43. The molecular weight excluding hydrogens is 272 g/mol. The summed E-state index contributed by atoms with van der Waals surface area (Å²) in [4.78, 5) is 0. The van der Waals surface area contributed by atoms with Crippen molar-refractivity contribution < 1.29 is 13.2 Å². The fraction of sp³-hybridized carbons (Fsp3) is 0. The van der Waals surface area contributed by atoms with Gasteiger partial charge in [0.25, 0.3) is 0 Å². The van der Waals surface area contributed by atoms with Gasteiger partial charge >= 0.3 is 0 Å². The van der Waals surface area contributed by atoms with Crippen LogP contribution in [0.2, 0.25) is 0 Å². The molecule has 0 aliphatic rings. The Bertz CT molecular complexity index is 619. The second kappa shape index (κ2) is 5.57. The van der Waals surface area contributed by atoms with Gasteiger partial charge in [0.05, 0.1) is 6.21 Å². The molecule has 2 rings (SSSR count). The second-order valence-electron chi connectivity index (χ2n) is 3.59. The largest absolute Gasteiger partial charge is 0.455 e. The van der Waals surface area contributed by atoms with Crippen LogP contribution in [0.4, 0.5) is 8.78 Å². The van der Waals surface area contributed by atoms with Crippen molar-refractivity contribution in [2.24, 2.45) is 10.8 Å². The molecule has 1 aromatic heterocycles. The second-order valence-corrected chi connectivity index (χ2v) is 4.03. The molecule has 0 atom stereocenters. The Balaban J connectivity index is 2.20. The molecule has 0 bridgehead atoms. The predicted octanol–water partition coefficient (Wildman–Crippen LogP) is 2.39. The normalized spacial score (nSPS) is 10.8. The third-order valence-electron chi connectivity index (χ3n) is 2.14. The Hall–Kier alpha value is -2.28. The highest BCUT2D eigenvalue weighted by atomic mass is 32.1. The smallest absolute Gasteiger partial charge is 0.184 e. The molecule has 0 saturated heterocycles. The molecule has 0 fully saturated rings. The monoisotopic (exact) mass is 281 g/mol. The molecule has 1 aromatic carbocycles. The lowest BCUT2D eigenvalue weighted by atomic mass is 10.1. The third-order valence-corrected chi connectivity index (χ3v) is 2.23. The Labute approximate surface area is 112 Å². The molecule has 4 nitrogen and oxygen atoms in total. The third kappa shape index (κ3) is 3.59. The van der Waals surface area contributed by atoms with Crippen LogP contribution in [0.1, 0.15) is 5.76 Å². The van der Waals surface area contributed by atoms with Crippen molar-refractivity contribution in [2.75, 3.05) is 0 Å². The number of nitrogens with zero attached hydrogens (tertiary/aromatic N) is 1. The standard InChI is InChI=1S/C12H9F2N3OS/c13-8-3-7(4-9(14)5-8)11-2-1-10(18-11)6-16-17-12(15)19/h1-6H,(H3,15,17,19). The van der Waals surface area contributed by atoms with E-state index >= 15 is 0 Å². The van der Waals surface area contributed by atoms with Gasteiger partial charge in [-0.25, -0.2) is 8.78 Å². The lowest BCUT2D eigenvalue weighted by molar-refractivity contribution is 0.564. The lowest BCUT2D eigenvalue weighted by Gasteiger charge is -1.98. The topological polar surface area (TPSA) is 63.5 Å². The summed E-state index contributed by atoms with van der Waals surface area (Å²) in [5.41, 5.74) is 7.84. The Morgan fingerprint density at radius 2 is 1.95 bits per heavy atom. The average molecular weight is 281 g/mol. The van der Waals surface area contributed by atoms with E-state index in [0.717, 1.165) is 6.07 Å². The molecular formula is C12H9F2N3OS. The summed E-state index contributed by atoms with van der Waals surface area (Å²) in [6, 6.07) is 6.33. The summed E-state index contributed by atoms with van der Waals surface area (Å²) < 4.78 is 31.5. The number of furan rings is 1. The Kier molecular flexibility index (Phi) is 3.86. The van der Waals surface area contributed by atoms with Crippen molar-refractivity contribution in [1.82, 2.24) is 5.43 Å². The van der Waals surface area contributed by atoms with Crippen molar-refractivity contribution in [1.29, 1.82) is 0 Å². The molecule has 0 amide bonds. The average Bonchev–Trinajstić information content (AvgIpc) is 2.76. The predicted molar refractivity (Wildman–Crippen MR) is 71.6 cm³/mol. The van der Waals surface area contributed by atoms with Gasteiger partial charge in [-0.15, -0.1) is 0 Å². The highest BCUT2D eigenvalue weighted by Crippen LogP contribution is 2.23. The fourth-order valence-corrected chi connectivity index (χ4v) is 1.49. The first-order valence-electron chi connectivity index (χ1n) is 5.19. The Morgan fingerprint density at radius 3 is 2.58 bits per heavy atom. The number of rotatable bonds is 3. The van der Waals surface area contributed by atoms with Crippen molar-refractivity contribution in [3.8, 4) is 11.3 Å². The van der Waals surface area contributed by atoms with E-state index in [4.69, 9.17) is 10.2 Å². The molecule has 0 spiro atoms. The van der Waals surface area contributed by atoms with E-state index in [1.165, 1.54) is 18.3 Å². The lowest BCUT2D eigenvalue weighted by Crippen LogP contribution is -2.23. The number of hydrogen-bond donors (Lipinski definition) is 2. The first-order valence-corrected chi connectivity index (χ1v) is 5.60. The molecule has 0 saturated carbocycles. The first-order chi connectivity index (χ1) is 9.04. The zero-order valence-electron chi connectivity index (χ0n) is 9.56. The van der Waals surface area contributed by atoms with E-state index in [9.17, 15) is 8.78 Å². The van der Waals surface area contributed by atoms with Crippen LogP contribution in [-0.2, 0) is 0 Å². The molecule has 0 aliphatic heterocycles. The minimum Gasteiger partial charge on any atom is -0.455 e. The minimum absolute atomic E-state index is 0.0234. The molecule has 0 aliphatic carbocycles. The number of nitrogens with one attached hydrogen (secondary N) is 1. The van der Waals surface area contributed by atoms with Gasteiger partial charge in [0, 0.05) is 11.6 Å². The maximum absolute atomic E-state index is 13.1. The first kappa shape index (κ1) is 13.2. The van der Waals surface area contributed by atoms with Crippen LogP contribution >= 0.6 is 12.2 Å². The van der Waals surface area contributed by atoms with Gasteiger partial charge in [0.2, 0.25) is 0 Å². The van der Waals surface area contributed by atoms with E-state index in [1.54, 1.807) is 12.1 Å². The van der Waals surface area contributed by atoms with Crippen molar-refractivity contribution >= 4 is 23.5 Å². The van der Waals surface area contributed by atoms with Crippen LogP contribution < -0.4 is 11.2 Å². The summed E-state index contributed by atoms with van der Waals surface area (Å²) in [5.74, 6) is -0.618. The summed E-state index contributed by atoms with van der Waals surface area (Å²) in [7, 11) is 0. The molecule has 98 valence electrons. The zero-order chi connectivity index (χ0) is 13.8. The van der Waals surface area contributed by atoms with Gasteiger partial charge in [0.15, 0.2) is 5.11 Å². The quantitative estimate of drug-likeness (QED) is 0.515. The summed E-state index contributed by atoms with van der Waals surface area (Å²) in [6.45, 7) is 0. The summed E-state index contributed by atoms with van der Waals surface area (Å²) in [5, 5.41) is 3.72. The van der Waals surface area contributed by atoms with Crippen LogP contribution in [0.15, 0.2) is 39.9 Å². The molecule has 7 heteroatoms. The molecule has 19 heavy (non-hydrogen) atoms. The summed E-state index contributed by atoms with van der Waals surface area (Å²) in [6.07, 6.45) is 1.35. The van der Waals surface area contributed by atoms with E-state index in [0.29, 0.717) is 17.1 Å². The van der Waals surface area contributed by atoms with Gasteiger partial charge in [-0.05, 0) is 36.5 Å². The molecule has 3 N–H and O–H groups in total. The van der Waals surface area contributed by atoms with Gasteiger partial charge < -0.3 is 10.2 Å². The maximum atomic E-state index is 13.1. The maximum Gasteiger partial charge on any atom is 0.184 e. The Morgan fingerprint density at radius 1 is 1.26 bits per heavy atom. The van der Waals surface area contributed by atoms with Crippen molar-refractivity contribution in [2.45, 2.75) is 0 Å². The minimum atomic E-state index is -0.670. The molecule has 2 aromatic rings. The van der Waals surface area contributed by atoms with Crippen LogP contribution in [0.5, 0.6) is 0 Å². The molecule has 1 heterocycles. The van der Waals surface area contributed by atoms with Gasteiger partial charge in [-0.3, -0.25) is 5.43 Å². The number of halogens is 2. The highest BCUT2D eigenvalue weighted by Gasteiger charge is 2.07. The number of benzene rings is 1. The zero-order valence-corrected chi connectivity index (χ0v) is 10.4. The summed E-state index contributed by atoms with van der Waals surface area (Å²) >= 11 is 4.56. The van der Waals surface area contributed by atoms with Gasteiger partial charge in [-0.2, -0.15) is 5.10 Å². The van der Waals surface area contributed by atoms with E-state index < -0.39 is 11.6 Å². The van der Waals surface area contributed by atoms with Crippen LogP contribution in [0.25, 0.3) is 11.3 Å². The molecule has 0 unspecified atom stereocenters. The molecule has 0 radical (unpaired) electrons. The number of hydrazone groups is 1. The number of hydrogen-bond acceptors (Lipinski definition) is 3. The van der Waals surface area contributed by atoms with Gasteiger partial charge in [0.1, 0.15) is 23.2 Å². The number of nitrogens with two attached hydrogens (primary N) is 1. The SMILES string of the molecule is NC(=S)NN=Cc1ccc(-c2cc(F)cc(F)c2)o1. The van der Waals surface area contributed by atoms with E-state index in [1.807, 2.05) is 0 Å². The van der Waals surface area contributed by atoms with E-state index in [2.05, 4.69) is 22.7 Å². The van der Waals surface area contributed by atoms with Crippen molar-refractivity contribution in [3.05, 3.63) is 47.7 Å². The van der Waals surface area contributed by atoms with Crippen LogP contribution in [0, 0.1) is 11.6 Å². The van der Waals surface area contributed by atoms with Crippen LogP contribution in [-0.4, -0.2) is 11.3 Å². The van der Waals surface area contributed by atoms with Crippen molar-refractivity contribution in [3.63, 3.8) is 0 Å². The van der Waals surface area contributed by atoms with E-state index in [-0.39, 0.29) is 5.11 Å². The highest BCUT2D eigenvalue weighted by molar-refractivity contribution is 7.80. The number of thiocarbonyl (C=S) groups is 1.